The Balaban J connectivity index is 1.48. The highest BCUT2D eigenvalue weighted by molar-refractivity contribution is 7.20. The van der Waals surface area contributed by atoms with Crippen LogP contribution in [0.5, 0.6) is 0 Å². The van der Waals surface area contributed by atoms with Crippen molar-refractivity contribution in [2.45, 2.75) is 0 Å². The number of hydrogen-bond donors (Lipinski definition) is 2. The quantitative estimate of drug-likeness (QED) is 0.187. The smallest absolute Gasteiger partial charge is 0.0934 e. The lowest BCUT2D eigenvalue weighted by Gasteiger charge is -2.03. The molecule has 0 saturated carbocycles. The zero-order valence-electron chi connectivity index (χ0n) is 24.3. The molecule has 2 aliphatic rings. The molecule has 0 aromatic carbocycles. The zero-order chi connectivity index (χ0) is 32.5. The maximum Gasteiger partial charge on any atom is 0.0934 e. The average molecular weight is 777 g/mol. The van der Waals surface area contributed by atoms with Gasteiger partial charge >= 0.3 is 0 Å². The van der Waals surface area contributed by atoms with Crippen molar-refractivity contribution in [2.75, 3.05) is 0 Å². The molecular formula is C36H18Cl4N4S4. The highest BCUT2D eigenvalue weighted by Gasteiger charge is 2.20. The molecule has 0 aliphatic carbocycles. The highest BCUT2D eigenvalue weighted by atomic mass is 35.5. The standard InChI is InChI=1S/C36H18Cl4N4S4/c37-29-13-9-25(45-29)33-17-1-2-18(41-17)34(26-10-14-30(38)46-26)20-5-6-22(43-20)36(28-12-16-32(40)48-28)24-8-7-23(44-24)35(21-4-3-19(33)42-21)27-11-15-31(39)47-27/h1-16,41,44H. The van der Waals surface area contributed by atoms with E-state index in [1.54, 1.807) is 0 Å². The van der Waals surface area contributed by atoms with Crippen LogP contribution in [0.2, 0.25) is 17.3 Å². The SMILES string of the molecule is Clc1ccc(-c2c3nc(c(-c4ccc(Cl)s4)c4ccc([nH]4)c(-c4ccc(Cl)s4)c4nc(c(-c5ccc(Cl)s5)c5ccc2[nH]5)C=C4)C=C3)s1. The van der Waals surface area contributed by atoms with Gasteiger partial charge in [0, 0.05) is 63.8 Å². The fraction of sp³-hybridized carbons (Fsp3) is 0. The molecule has 4 nitrogen and oxygen atoms in total. The third-order valence-corrected chi connectivity index (χ3v) is 13.0. The molecule has 9 rings (SSSR count). The van der Waals surface area contributed by atoms with Gasteiger partial charge in [-0.15, -0.1) is 45.3 Å². The number of H-pyrrole nitrogens is 2. The number of fused-ring (bicyclic) bond motifs is 8. The summed E-state index contributed by atoms with van der Waals surface area (Å²) in [5.74, 6) is 0. The Labute approximate surface area is 310 Å². The molecule has 0 amide bonds. The molecular weight excluding hydrogens is 759 g/mol. The van der Waals surface area contributed by atoms with Crippen LogP contribution in [-0.2, 0) is 0 Å². The first-order valence-electron chi connectivity index (χ1n) is 14.6. The van der Waals surface area contributed by atoms with E-state index in [0.717, 1.165) is 86.6 Å². The zero-order valence-corrected chi connectivity index (χ0v) is 30.6. The van der Waals surface area contributed by atoms with E-state index in [9.17, 15) is 0 Å². The summed E-state index contributed by atoms with van der Waals surface area (Å²) < 4.78 is 2.82. The number of hydrogen-bond acceptors (Lipinski definition) is 6. The Kier molecular flexibility index (Phi) is 7.75. The molecule has 0 radical (unpaired) electrons. The van der Waals surface area contributed by atoms with Gasteiger partial charge in [0.05, 0.1) is 40.1 Å². The monoisotopic (exact) mass is 774 g/mol. The van der Waals surface area contributed by atoms with E-state index >= 15 is 0 Å². The molecule has 2 N–H and O–H groups in total. The van der Waals surface area contributed by atoms with Gasteiger partial charge in [0.1, 0.15) is 0 Å². The summed E-state index contributed by atoms with van der Waals surface area (Å²) in [7, 11) is 0. The molecule has 7 aromatic heterocycles. The summed E-state index contributed by atoms with van der Waals surface area (Å²) in [6, 6.07) is 24.2. The topological polar surface area (TPSA) is 57.4 Å². The first-order valence-corrected chi connectivity index (χ1v) is 19.3. The van der Waals surface area contributed by atoms with Crippen molar-refractivity contribution in [3.63, 3.8) is 0 Å². The fourth-order valence-corrected chi connectivity index (χ4v) is 10.5. The number of halogens is 4. The van der Waals surface area contributed by atoms with Crippen molar-refractivity contribution in [3.05, 3.63) is 113 Å². The second kappa shape index (κ2) is 12.2. The van der Waals surface area contributed by atoms with E-state index in [1.165, 1.54) is 45.3 Å². The maximum atomic E-state index is 6.49. The number of rotatable bonds is 4. The van der Waals surface area contributed by atoms with E-state index in [1.807, 2.05) is 48.5 Å². The van der Waals surface area contributed by atoms with Crippen LogP contribution < -0.4 is 0 Å². The molecule has 0 saturated heterocycles. The van der Waals surface area contributed by atoms with Crippen molar-refractivity contribution >= 4 is 138 Å². The lowest BCUT2D eigenvalue weighted by Crippen LogP contribution is -1.87. The Bertz CT molecular complexity index is 2290. The van der Waals surface area contributed by atoms with Crippen molar-refractivity contribution in [2.24, 2.45) is 0 Å². The largest absolute Gasteiger partial charge is 0.354 e. The Morgan fingerprint density at radius 3 is 0.812 bits per heavy atom. The first-order chi connectivity index (χ1) is 23.4. The van der Waals surface area contributed by atoms with Crippen molar-refractivity contribution in [3.8, 4) is 41.8 Å². The second-order valence-electron chi connectivity index (χ2n) is 10.9. The molecule has 12 heteroatoms. The van der Waals surface area contributed by atoms with Crippen LogP contribution in [0, 0.1) is 0 Å². The summed E-state index contributed by atoms with van der Waals surface area (Å²) in [5.41, 5.74) is 10.8. The van der Waals surface area contributed by atoms with Gasteiger partial charge < -0.3 is 9.97 Å². The Morgan fingerprint density at radius 1 is 0.354 bits per heavy atom. The first kappa shape index (κ1) is 30.6. The number of nitrogens with zero attached hydrogens (tertiary/aromatic N) is 2. The lowest BCUT2D eigenvalue weighted by molar-refractivity contribution is 1.32. The van der Waals surface area contributed by atoms with Gasteiger partial charge in [0.15, 0.2) is 0 Å². The predicted molar refractivity (Wildman–Crippen MR) is 212 cm³/mol. The minimum Gasteiger partial charge on any atom is -0.354 e. The van der Waals surface area contributed by atoms with E-state index in [2.05, 4.69) is 58.5 Å². The molecule has 8 bridgehead atoms. The Hall–Kier alpha value is -3.44. The molecule has 0 unspecified atom stereocenters. The summed E-state index contributed by atoms with van der Waals surface area (Å²) in [6.07, 6.45) is 8.26. The van der Waals surface area contributed by atoms with Gasteiger partial charge in [0.25, 0.3) is 0 Å². The molecule has 48 heavy (non-hydrogen) atoms. The van der Waals surface area contributed by atoms with E-state index < -0.39 is 0 Å². The number of thiophene rings is 4. The van der Waals surface area contributed by atoms with Gasteiger partial charge in [-0.2, -0.15) is 0 Å². The molecule has 7 aromatic rings. The van der Waals surface area contributed by atoms with Gasteiger partial charge in [-0.05, 0) is 97.1 Å². The molecule has 0 fully saturated rings. The Morgan fingerprint density at radius 2 is 0.604 bits per heavy atom. The fourth-order valence-electron chi connectivity index (χ4n) is 6.04. The number of aromatic amines is 2. The maximum absolute atomic E-state index is 6.49. The van der Waals surface area contributed by atoms with Crippen LogP contribution in [0.3, 0.4) is 0 Å². The number of nitrogens with one attached hydrogen (secondary N) is 2. The van der Waals surface area contributed by atoms with E-state index in [4.69, 9.17) is 56.4 Å². The van der Waals surface area contributed by atoms with Gasteiger partial charge in [-0.25, -0.2) is 9.97 Å². The van der Waals surface area contributed by atoms with Crippen molar-refractivity contribution in [1.29, 1.82) is 0 Å². The summed E-state index contributed by atoms with van der Waals surface area (Å²) in [4.78, 5) is 22.0. The van der Waals surface area contributed by atoms with Crippen LogP contribution in [0.25, 0.3) is 88.1 Å². The molecule has 0 spiro atoms. The minimum atomic E-state index is 0.704. The number of aromatic nitrogens is 4. The molecule has 2 aliphatic heterocycles. The highest BCUT2D eigenvalue weighted by Crippen LogP contribution is 2.43. The third-order valence-electron chi connectivity index (χ3n) is 8.03. The lowest BCUT2D eigenvalue weighted by atomic mass is 10.1. The molecule has 0 atom stereocenters. The van der Waals surface area contributed by atoms with E-state index in [0.29, 0.717) is 17.3 Å². The van der Waals surface area contributed by atoms with Crippen LogP contribution in [-0.4, -0.2) is 19.9 Å². The predicted octanol–water partition coefficient (Wildman–Crippen LogP) is 14.2. The summed E-state index contributed by atoms with van der Waals surface area (Å²) in [5, 5.41) is 0. The van der Waals surface area contributed by atoms with Gasteiger partial charge in [0.2, 0.25) is 0 Å². The third kappa shape index (κ3) is 5.41. The van der Waals surface area contributed by atoms with Crippen LogP contribution in [0.4, 0.5) is 0 Å². The minimum absolute atomic E-state index is 0.704. The normalized spacial score (nSPS) is 12.4. The van der Waals surface area contributed by atoms with Crippen LogP contribution >= 0.6 is 91.8 Å². The summed E-state index contributed by atoms with van der Waals surface area (Å²) in [6.45, 7) is 0. The van der Waals surface area contributed by atoms with Crippen molar-refractivity contribution in [1.82, 2.24) is 19.9 Å². The van der Waals surface area contributed by atoms with Crippen molar-refractivity contribution < 1.29 is 0 Å². The summed E-state index contributed by atoms with van der Waals surface area (Å²) >= 11 is 32.0. The second-order valence-corrected chi connectivity index (χ2v) is 17.8. The van der Waals surface area contributed by atoms with Crippen LogP contribution in [0.15, 0.2) is 72.8 Å². The molecule has 234 valence electrons. The average Bonchev–Trinajstić information content (AvgIpc) is 3.89. The van der Waals surface area contributed by atoms with E-state index in [-0.39, 0.29) is 0 Å². The molecule has 9 heterocycles. The van der Waals surface area contributed by atoms with Crippen LogP contribution in [0.1, 0.15) is 22.8 Å². The van der Waals surface area contributed by atoms with Gasteiger partial charge in [-0.3, -0.25) is 0 Å². The van der Waals surface area contributed by atoms with Gasteiger partial charge in [-0.1, -0.05) is 46.4 Å².